The SMILES string of the molecule is O=C(CN(CC1CCCCC1)C1CC1)Nc1ccccc1N1CCCC1=O. The summed E-state index contributed by atoms with van der Waals surface area (Å²) >= 11 is 0. The van der Waals surface area contributed by atoms with E-state index in [0.29, 0.717) is 19.0 Å². The smallest absolute Gasteiger partial charge is 0.238 e. The van der Waals surface area contributed by atoms with Crippen LogP contribution >= 0.6 is 0 Å². The van der Waals surface area contributed by atoms with Crippen LogP contribution in [0.4, 0.5) is 11.4 Å². The lowest BCUT2D eigenvalue weighted by molar-refractivity contribution is -0.118. The van der Waals surface area contributed by atoms with Crippen molar-refractivity contribution in [2.45, 2.75) is 63.8 Å². The second-order valence-electron chi connectivity index (χ2n) is 8.38. The highest BCUT2D eigenvalue weighted by Crippen LogP contribution is 2.32. The van der Waals surface area contributed by atoms with E-state index < -0.39 is 0 Å². The molecule has 146 valence electrons. The standard InChI is InChI=1S/C22H31N3O2/c26-21(16-24(18-12-13-18)15-17-7-2-1-3-8-17)23-19-9-4-5-10-20(19)25-14-6-11-22(25)27/h4-5,9-10,17-18H,1-3,6-8,11-16H2,(H,23,26). The molecule has 0 bridgehead atoms. The van der Waals surface area contributed by atoms with Gasteiger partial charge < -0.3 is 10.2 Å². The Morgan fingerprint density at radius 1 is 1.07 bits per heavy atom. The molecule has 2 amide bonds. The minimum atomic E-state index is 0.0387. The summed E-state index contributed by atoms with van der Waals surface area (Å²) < 4.78 is 0. The number of anilines is 2. The maximum absolute atomic E-state index is 12.8. The van der Waals surface area contributed by atoms with E-state index in [-0.39, 0.29) is 11.8 Å². The van der Waals surface area contributed by atoms with Crippen LogP contribution < -0.4 is 10.2 Å². The number of carbonyl (C=O) groups is 2. The fraction of sp³-hybridized carbons (Fsp3) is 0.636. The molecule has 3 fully saturated rings. The van der Waals surface area contributed by atoms with Gasteiger partial charge in [-0.2, -0.15) is 0 Å². The molecule has 0 radical (unpaired) electrons. The van der Waals surface area contributed by atoms with Crippen LogP contribution in [0.1, 0.15) is 57.8 Å². The molecule has 5 heteroatoms. The number of rotatable bonds is 7. The molecule has 0 spiro atoms. The third-order valence-corrected chi connectivity index (χ3v) is 6.17. The van der Waals surface area contributed by atoms with Gasteiger partial charge in [-0.15, -0.1) is 0 Å². The van der Waals surface area contributed by atoms with Gasteiger partial charge in [-0.3, -0.25) is 14.5 Å². The number of para-hydroxylation sites is 2. The Labute approximate surface area is 162 Å². The van der Waals surface area contributed by atoms with E-state index in [2.05, 4.69) is 10.2 Å². The van der Waals surface area contributed by atoms with Crippen molar-refractivity contribution in [3.63, 3.8) is 0 Å². The van der Waals surface area contributed by atoms with Crippen molar-refractivity contribution in [3.05, 3.63) is 24.3 Å². The molecule has 27 heavy (non-hydrogen) atoms. The molecule has 1 aromatic rings. The summed E-state index contributed by atoms with van der Waals surface area (Å²) in [7, 11) is 0. The van der Waals surface area contributed by atoms with Crippen LogP contribution in [0.25, 0.3) is 0 Å². The summed E-state index contributed by atoms with van der Waals surface area (Å²) in [6.07, 6.45) is 10.6. The van der Waals surface area contributed by atoms with Crippen LogP contribution in [0.5, 0.6) is 0 Å². The van der Waals surface area contributed by atoms with Crippen LogP contribution in [-0.2, 0) is 9.59 Å². The van der Waals surface area contributed by atoms with Gasteiger partial charge in [-0.05, 0) is 50.2 Å². The van der Waals surface area contributed by atoms with E-state index in [1.807, 2.05) is 24.3 Å². The fourth-order valence-corrected chi connectivity index (χ4v) is 4.58. The van der Waals surface area contributed by atoms with Gasteiger partial charge in [-0.1, -0.05) is 31.4 Å². The minimum absolute atomic E-state index is 0.0387. The maximum atomic E-state index is 12.8. The monoisotopic (exact) mass is 369 g/mol. The Balaban J connectivity index is 1.39. The predicted molar refractivity (Wildman–Crippen MR) is 108 cm³/mol. The Hall–Kier alpha value is -1.88. The summed E-state index contributed by atoms with van der Waals surface area (Å²) in [5.74, 6) is 0.937. The van der Waals surface area contributed by atoms with Gasteiger partial charge in [0.15, 0.2) is 0 Å². The third kappa shape index (κ3) is 4.70. The molecule has 0 aromatic heterocycles. The fourth-order valence-electron chi connectivity index (χ4n) is 4.58. The summed E-state index contributed by atoms with van der Waals surface area (Å²) in [5, 5.41) is 3.08. The summed E-state index contributed by atoms with van der Waals surface area (Å²) in [6.45, 7) is 2.26. The molecule has 2 saturated carbocycles. The molecule has 0 atom stereocenters. The van der Waals surface area contributed by atoms with Crippen molar-refractivity contribution in [2.24, 2.45) is 5.92 Å². The number of hydrogen-bond acceptors (Lipinski definition) is 3. The Bertz CT molecular complexity index is 680. The molecule has 0 unspecified atom stereocenters. The lowest BCUT2D eigenvalue weighted by atomic mass is 9.89. The van der Waals surface area contributed by atoms with Crippen molar-refractivity contribution < 1.29 is 9.59 Å². The van der Waals surface area contributed by atoms with Gasteiger partial charge in [0, 0.05) is 25.6 Å². The second kappa shape index (κ2) is 8.42. The van der Waals surface area contributed by atoms with Gasteiger partial charge in [0.2, 0.25) is 11.8 Å². The van der Waals surface area contributed by atoms with E-state index in [4.69, 9.17) is 0 Å². The average Bonchev–Trinajstić information content (AvgIpc) is 3.44. The Morgan fingerprint density at radius 2 is 1.85 bits per heavy atom. The summed E-state index contributed by atoms with van der Waals surface area (Å²) in [4.78, 5) is 29.1. The molecule has 5 nitrogen and oxygen atoms in total. The minimum Gasteiger partial charge on any atom is -0.323 e. The quantitative estimate of drug-likeness (QED) is 0.795. The lowest BCUT2D eigenvalue weighted by Crippen LogP contribution is -2.39. The summed E-state index contributed by atoms with van der Waals surface area (Å²) in [6, 6.07) is 8.27. The molecule has 3 aliphatic rings. The highest BCUT2D eigenvalue weighted by Gasteiger charge is 2.32. The van der Waals surface area contributed by atoms with Gasteiger partial charge in [0.1, 0.15) is 0 Å². The first kappa shape index (κ1) is 18.5. The second-order valence-corrected chi connectivity index (χ2v) is 8.38. The Morgan fingerprint density at radius 3 is 2.56 bits per heavy atom. The molecule has 1 aromatic carbocycles. The van der Waals surface area contributed by atoms with Gasteiger partial charge in [-0.25, -0.2) is 0 Å². The van der Waals surface area contributed by atoms with Crippen molar-refractivity contribution in [3.8, 4) is 0 Å². The van der Waals surface area contributed by atoms with Crippen molar-refractivity contribution >= 4 is 23.2 Å². The van der Waals surface area contributed by atoms with Crippen molar-refractivity contribution in [2.75, 3.05) is 29.9 Å². The highest BCUT2D eigenvalue weighted by molar-refractivity contribution is 6.02. The molecular formula is C22H31N3O2. The number of benzene rings is 1. The number of nitrogens with zero attached hydrogens (tertiary/aromatic N) is 2. The number of carbonyl (C=O) groups excluding carboxylic acids is 2. The molecule has 4 rings (SSSR count). The topological polar surface area (TPSA) is 52.7 Å². The highest BCUT2D eigenvalue weighted by atomic mass is 16.2. The molecule has 2 aliphatic carbocycles. The summed E-state index contributed by atoms with van der Waals surface area (Å²) in [5.41, 5.74) is 1.59. The number of amides is 2. The molecule has 1 heterocycles. The van der Waals surface area contributed by atoms with Gasteiger partial charge >= 0.3 is 0 Å². The third-order valence-electron chi connectivity index (χ3n) is 6.17. The van der Waals surface area contributed by atoms with Crippen LogP contribution in [0, 0.1) is 5.92 Å². The van der Waals surface area contributed by atoms with E-state index >= 15 is 0 Å². The number of hydrogen-bond donors (Lipinski definition) is 1. The zero-order valence-electron chi connectivity index (χ0n) is 16.2. The Kier molecular flexibility index (Phi) is 5.77. The van der Waals surface area contributed by atoms with E-state index in [0.717, 1.165) is 36.8 Å². The van der Waals surface area contributed by atoms with Crippen molar-refractivity contribution in [1.82, 2.24) is 4.90 Å². The molecule has 1 aliphatic heterocycles. The average molecular weight is 370 g/mol. The lowest BCUT2D eigenvalue weighted by Gasteiger charge is -2.29. The van der Waals surface area contributed by atoms with Crippen LogP contribution in [0.3, 0.4) is 0 Å². The first-order valence-electron chi connectivity index (χ1n) is 10.6. The maximum Gasteiger partial charge on any atom is 0.238 e. The van der Waals surface area contributed by atoms with Crippen LogP contribution in [0.15, 0.2) is 24.3 Å². The number of nitrogens with one attached hydrogen (secondary N) is 1. The first-order valence-corrected chi connectivity index (χ1v) is 10.6. The molecular weight excluding hydrogens is 338 g/mol. The van der Waals surface area contributed by atoms with Crippen LogP contribution in [0.2, 0.25) is 0 Å². The van der Waals surface area contributed by atoms with E-state index in [1.54, 1.807) is 4.90 Å². The van der Waals surface area contributed by atoms with Crippen molar-refractivity contribution in [1.29, 1.82) is 0 Å². The van der Waals surface area contributed by atoms with Gasteiger partial charge in [0.05, 0.1) is 17.9 Å². The zero-order chi connectivity index (χ0) is 18.6. The largest absolute Gasteiger partial charge is 0.323 e. The van der Waals surface area contributed by atoms with E-state index in [1.165, 1.54) is 44.9 Å². The first-order chi connectivity index (χ1) is 13.2. The normalized spacial score (nSPS) is 21.1. The molecule has 1 N–H and O–H groups in total. The van der Waals surface area contributed by atoms with E-state index in [9.17, 15) is 9.59 Å². The van der Waals surface area contributed by atoms with Crippen LogP contribution in [-0.4, -0.2) is 42.4 Å². The predicted octanol–water partition coefficient (Wildman–Crippen LogP) is 3.80. The molecule has 1 saturated heterocycles. The van der Waals surface area contributed by atoms with Gasteiger partial charge in [0.25, 0.3) is 0 Å². The zero-order valence-corrected chi connectivity index (χ0v) is 16.2.